The number of nitrogens with one attached hydrogen (secondary N) is 1. The average Bonchev–Trinajstić information content (AvgIpc) is 2.82. The second-order valence-corrected chi connectivity index (χ2v) is 6.83. The lowest BCUT2D eigenvalue weighted by Crippen LogP contribution is -2.14. The van der Waals surface area contributed by atoms with Crippen LogP contribution in [0.15, 0.2) is 77.8 Å². The molecule has 1 aliphatic rings. The molecule has 1 N–H and O–H groups in total. The van der Waals surface area contributed by atoms with E-state index in [1.165, 1.54) is 16.7 Å². The summed E-state index contributed by atoms with van der Waals surface area (Å²) in [6.45, 7) is 2.10. The first-order valence-electron chi connectivity index (χ1n) is 8.45. The van der Waals surface area contributed by atoms with Crippen LogP contribution in [0, 0.1) is 6.92 Å². The molecule has 25 heavy (non-hydrogen) atoms. The van der Waals surface area contributed by atoms with E-state index in [-0.39, 0.29) is 6.04 Å². The van der Waals surface area contributed by atoms with Crippen molar-refractivity contribution in [1.29, 1.82) is 0 Å². The number of hydrogen-bond donors (Lipinski definition) is 1. The molecule has 0 aromatic heterocycles. The number of nitrogens with zero attached hydrogens (tertiary/aromatic N) is 1. The third-order valence-electron chi connectivity index (χ3n) is 4.54. The lowest BCUT2D eigenvalue weighted by Gasteiger charge is -2.19. The Bertz CT molecular complexity index is 912. The maximum Gasteiger partial charge on any atom is 0.0864 e. The summed E-state index contributed by atoms with van der Waals surface area (Å²) in [5.41, 5.74) is 6.77. The molecule has 0 saturated carbocycles. The summed E-state index contributed by atoms with van der Waals surface area (Å²) in [5, 5.41) is 4.40. The highest BCUT2D eigenvalue weighted by Crippen LogP contribution is 2.35. The smallest absolute Gasteiger partial charge is 0.0864 e. The normalized spacial score (nSPS) is 16.4. The molecule has 3 aromatic rings. The molecule has 0 amide bonds. The van der Waals surface area contributed by atoms with Crippen LogP contribution in [0.4, 0.5) is 11.4 Å². The number of aryl methyl sites for hydroxylation is 1. The van der Waals surface area contributed by atoms with Crippen molar-refractivity contribution in [3.05, 3.63) is 94.5 Å². The number of halogens is 1. The van der Waals surface area contributed by atoms with Gasteiger partial charge >= 0.3 is 0 Å². The third-order valence-corrected chi connectivity index (χ3v) is 4.80. The lowest BCUT2D eigenvalue weighted by molar-refractivity contribution is 0.828. The maximum atomic E-state index is 6.06. The minimum atomic E-state index is 0.154. The number of aliphatic imine (C=N–C) groups is 1. The Labute approximate surface area is 153 Å². The number of hydrogen-bond acceptors (Lipinski definition) is 2. The molecule has 1 aliphatic heterocycles. The number of benzene rings is 3. The van der Waals surface area contributed by atoms with Gasteiger partial charge in [-0.25, -0.2) is 0 Å². The predicted molar refractivity (Wildman–Crippen MR) is 106 cm³/mol. The summed E-state index contributed by atoms with van der Waals surface area (Å²) in [6, 6.07) is 25.0. The number of anilines is 1. The van der Waals surface area contributed by atoms with Gasteiger partial charge in [0.05, 0.1) is 23.1 Å². The van der Waals surface area contributed by atoms with Crippen LogP contribution >= 0.6 is 11.6 Å². The Balaban J connectivity index is 1.78. The summed E-state index contributed by atoms with van der Waals surface area (Å²) in [6.07, 6.45) is 0.819. The topological polar surface area (TPSA) is 24.4 Å². The first-order chi connectivity index (χ1) is 12.2. The molecule has 3 heteroatoms. The zero-order chi connectivity index (χ0) is 17.2. The Kier molecular flexibility index (Phi) is 4.29. The van der Waals surface area contributed by atoms with Gasteiger partial charge in [-0.1, -0.05) is 65.7 Å². The largest absolute Gasteiger partial charge is 0.376 e. The van der Waals surface area contributed by atoms with Gasteiger partial charge in [0.25, 0.3) is 0 Å². The SMILES string of the molecule is Cc1ccc(C2=Nc3ccccc3NC(c3ccc(Cl)cc3)C2)cc1. The van der Waals surface area contributed by atoms with Gasteiger partial charge in [0, 0.05) is 11.4 Å². The van der Waals surface area contributed by atoms with E-state index in [0.717, 1.165) is 28.5 Å². The second-order valence-electron chi connectivity index (χ2n) is 6.39. The van der Waals surface area contributed by atoms with E-state index < -0.39 is 0 Å². The van der Waals surface area contributed by atoms with Gasteiger partial charge in [-0.15, -0.1) is 0 Å². The van der Waals surface area contributed by atoms with Gasteiger partial charge in [-0.3, -0.25) is 4.99 Å². The van der Waals surface area contributed by atoms with E-state index in [0.29, 0.717) is 0 Å². The van der Waals surface area contributed by atoms with Crippen molar-refractivity contribution in [3.8, 4) is 0 Å². The van der Waals surface area contributed by atoms with Crippen molar-refractivity contribution in [2.24, 2.45) is 4.99 Å². The molecule has 2 nitrogen and oxygen atoms in total. The van der Waals surface area contributed by atoms with Crippen LogP contribution < -0.4 is 5.32 Å². The van der Waals surface area contributed by atoms with E-state index >= 15 is 0 Å². The minimum Gasteiger partial charge on any atom is -0.376 e. The van der Waals surface area contributed by atoms with Crippen LogP contribution in [-0.2, 0) is 0 Å². The fourth-order valence-corrected chi connectivity index (χ4v) is 3.27. The standard InChI is InChI=1S/C22H19ClN2/c1-15-6-8-16(9-7-15)21-14-22(17-10-12-18(23)13-11-17)25-20-5-3-2-4-19(20)24-21/h2-13,22,25H,14H2,1H3. The molecule has 3 aromatic carbocycles. The molecule has 0 saturated heterocycles. The van der Waals surface area contributed by atoms with E-state index in [1.807, 2.05) is 24.3 Å². The van der Waals surface area contributed by atoms with Crippen LogP contribution in [0.3, 0.4) is 0 Å². The zero-order valence-electron chi connectivity index (χ0n) is 14.0. The molecule has 1 atom stereocenters. The predicted octanol–water partition coefficient (Wildman–Crippen LogP) is 6.33. The van der Waals surface area contributed by atoms with Gasteiger partial charge in [0.2, 0.25) is 0 Å². The molecular formula is C22H19ClN2. The Morgan fingerprint density at radius 3 is 2.40 bits per heavy atom. The highest BCUT2D eigenvalue weighted by molar-refractivity contribution is 6.30. The quantitative estimate of drug-likeness (QED) is 0.576. The van der Waals surface area contributed by atoms with Crippen molar-refractivity contribution >= 4 is 28.7 Å². The van der Waals surface area contributed by atoms with Gasteiger partial charge in [-0.05, 0) is 42.3 Å². The van der Waals surface area contributed by atoms with Crippen molar-refractivity contribution in [3.63, 3.8) is 0 Å². The first-order valence-corrected chi connectivity index (χ1v) is 8.82. The molecule has 4 rings (SSSR count). The van der Waals surface area contributed by atoms with E-state index in [2.05, 4.69) is 60.8 Å². The summed E-state index contributed by atoms with van der Waals surface area (Å²) in [4.78, 5) is 4.96. The van der Waals surface area contributed by atoms with Crippen molar-refractivity contribution in [2.45, 2.75) is 19.4 Å². The Hall–Kier alpha value is -2.58. The molecule has 0 aliphatic carbocycles. The molecule has 1 unspecified atom stereocenters. The Morgan fingerprint density at radius 2 is 1.64 bits per heavy atom. The highest BCUT2D eigenvalue weighted by Gasteiger charge is 2.20. The van der Waals surface area contributed by atoms with E-state index in [1.54, 1.807) is 0 Å². The molecule has 0 radical (unpaired) electrons. The monoisotopic (exact) mass is 346 g/mol. The minimum absolute atomic E-state index is 0.154. The molecular weight excluding hydrogens is 328 g/mol. The summed E-state index contributed by atoms with van der Waals surface area (Å²) in [5.74, 6) is 0. The fraction of sp³-hybridized carbons (Fsp3) is 0.136. The van der Waals surface area contributed by atoms with Gasteiger partial charge in [0.15, 0.2) is 0 Å². The van der Waals surface area contributed by atoms with E-state index in [9.17, 15) is 0 Å². The van der Waals surface area contributed by atoms with Gasteiger partial charge in [0.1, 0.15) is 0 Å². The van der Waals surface area contributed by atoms with Crippen LogP contribution in [0.25, 0.3) is 0 Å². The van der Waals surface area contributed by atoms with E-state index in [4.69, 9.17) is 16.6 Å². The molecule has 0 fully saturated rings. The molecule has 0 spiro atoms. The molecule has 124 valence electrons. The lowest BCUT2D eigenvalue weighted by atomic mass is 9.97. The second kappa shape index (κ2) is 6.73. The number of fused-ring (bicyclic) bond motifs is 1. The van der Waals surface area contributed by atoms with Crippen molar-refractivity contribution in [2.75, 3.05) is 5.32 Å². The van der Waals surface area contributed by atoms with Crippen molar-refractivity contribution < 1.29 is 0 Å². The zero-order valence-corrected chi connectivity index (χ0v) is 14.8. The van der Waals surface area contributed by atoms with Gasteiger partial charge < -0.3 is 5.32 Å². The molecule has 1 heterocycles. The van der Waals surface area contributed by atoms with Gasteiger partial charge in [-0.2, -0.15) is 0 Å². The maximum absolute atomic E-state index is 6.06. The highest BCUT2D eigenvalue weighted by atomic mass is 35.5. The molecule has 0 bridgehead atoms. The Morgan fingerprint density at radius 1 is 0.920 bits per heavy atom. The summed E-state index contributed by atoms with van der Waals surface area (Å²) >= 11 is 6.06. The summed E-state index contributed by atoms with van der Waals surface area (Å²) in [7, 11) is 0. The van der Waals surface area contributed by atoms with Crippen LogP contribution in [0.1, 0.15) is 29.2 Å². The summed E-state index contributed by atoms with van der Waals surface area (Å²) < 4.78 is 0. The van der Waals surface area contributed by atoms with Crippen LogP contribution in [0.2, 0.25) is 5.02 Å². The third kappa shape index (κ3) is 3.45. The van der Waals surface area contributed by atoms with Crippen LogP contribution in [0.5, 0.6) is 0 Å². The first kappa shape index (κ1) is 15.9. The number of rotatable bonds is 2. The number of para-hydroxylation sites is 2. The van der Waals surface area contributed by atoms with Crippen LogP contribution in [-0.4, -0.2) is 5.71 Å². The average molecular weight is 347 g/mol. The van der Waals surface area contributed by atoms with Crippen molar-refractivity contribution in [1.82, 2.24) is 0 Å². The fourth-order valence-electron chi connectivity index (χ4n) is 3.14.